The monoisotopic (exact) mass is 411 g/mol. The van der Waals surface area contributed by atoms with Crippen LogP contribution in [0.3, 0.4) is 0 Å². The van der Waals surface area contributed by atoms with Crippen molar-refractivity contribution in [1.29, 1.82) is 0 Å². The fourth-order valence-corrected chi connectivity index (χ4v) is 5.22. The molecule has 2 aromatic heterocycles. The molecule has 0 fully saturated rings. The first-order valence-electron chi connectivity index (χ1n) is 7.35. The molecular weight excluding hydrogens is 400 g/mol. The number of carbonyl (C=O) groups is 2. The molecule has 0 spiro atoms. The Labute approximate surface area is 155 Å². The number of halogens is 2. The SMILES string of the molecule is NC(=O)c1cc(S(=O)(=O)c2ccc(F)c(F)c2)sc1CC(=O)c1ccn[nH]1. The van der Waals surface area contributed by atoms with E-state index in [1.807, 2.05) is 0 Å². The van der Waals surface area contributed by atoms with Crippen LogP contribution in [-0.2, 0) is 16.3 Å². The van der Waals surface area contributed by atoms with E-state index in [1.54, 1.807) is 0 Å². The minimum absolute atomic E-state index is 0.131. The van der Waals surface area contributed by atoms with Gasteiger partial charge in [-0.3, -0.25) is 14.7 Å². The fourth-order valence-electron chi connectivity index (χ4n) is 2.29. The van der Waals surface area contributed by atoms with Crippen LogP contribution < -0.4 is 5.73 Å². The number of carbonyl (C=O) groups excluding carboxylic acids is 2. The molecule has 1 amide bonds. The molecule has 140 valence electrons. The van der Waals surface area contributed by atoms with Crippen LogP contribution in [0.1, 0.15) is 25.7 Å². The molecule has 27 heavy (non-hydrogen) atoms. The van der Waals surface area contributed by atoms with Gasteiger partial charge in [0.25, 0.3) is 0 Å². The normalized spacial score (nSPS) is 11.5. The quantitative estimate of drug-likeness (QED) is 0.475. The maximum absolute atomic E-state index is 13.4. The predicted octanol–water partition coefficient (Wildman–Crippen LogP) is 2.11. The van der Waals surface area contributed by atoms with E-state index < -0.39 is 38.1 Å². The lowest BCUT2D eigenvalue weighted by molar-refractivity contribution is 0.0988. The summed E-state index contributed by atoms with van der Waals surface area (Å²) in [7, 11) is -4.23. The maximum atomic E-state index is 13.4. The number of sulfone groups is 1. The number of amides is 1. The van der Waals surface area contributed by atoms with E-state index >= 15 is 0 Å². The first-order chi connectivity index (χ1) is 12.7. The number of thiophene rings is 1. The van der Waals surface area contributed by atoms with Gasteiger partial charge in [-0.1, -0.05) is 0 Å². The van der Waals surface area contributed by atoms with E-state index in [0.717, 1.165) is 12.1 Å². The van der Waals surface area contributed by atoms with Crippen LogP contribution in [0.5, 0.6) is 0 Å². The largest absolute Gasteiger partial charge is 0.366 e. The third kappa shape index (κ3) is 3.64. The molecular formula is C16H11F2N3O4S2. The number of rotatable bonds is 6. The molecule has 0 aliphatic carbocycles. The van der Waals surface area contributed by atoms with Crippen LogP contribution in [0, 0.1) is 11.6 Å². The third-order valence-corrected chi connectivity index (χ3v) is 7.00. The lowest BCUT2D eigenvalue weighted by Gasteiger charge is -2.02. The topological polar surface area (TPSA) is 123 Å². The molecule has 3 N–H and O–H groups in total. The highest BCUT2D eigenvalue weighted by Crippen LogP contribution is 2.32. The Morgan fingerprint density at radius 1 is 1.15 bits per heavy atom. The second-order valence-corrected chi connectivity index (χ2v) is 8.73. The van der Waals surface area contributed by atoms with Gasteiger partial charge in [-0.2, -0.15) is 5.10 Å². The Morgan fingerprint density at radius 3 is 2.48 bits per heavy atom. The van der Waals surface area contributed by atoms with Crippen molar-refractivity contribution in [3.05, 3.63) is 64.3 Å². The molecule has 11 heteroatoms. The summed E-state index contributed by atoms with van der Waals surface area (Å²) in [6, 6.07) is 4.60. The summed E-state index contributed by atoms with van der Waals surface area (Å²) in [6.07, 6.45) is 1.09. The second kappa shape index (κ2) is 7.00. The zero-order valence-corrected chi connectivity index (χ0v) is 15.0. The van der Waals surface area contributed by atoms with E-state index in [2.05, 4.69) is 10.2 Å². The van der Waals surface area contributed by atoms with Gasteiger partial charge in [0.15, 0.2) is 17.4 Å². The number of H-pyrrole nitrogens is 1. The molecule has 7 nitrogen and oxygen atoms in total. The van der Waals surface area contributed by atoms with Gasteiger partial charge in [0.05, 0.1) is 10.5 Å². The maximum Gasteiger partial charge on any atom is 0.249 e. The first kappa shape index (κ1) is 18.9. The smallest absolute Gasteiger partial charge is 0.249 e. The number of primary amides is 1. The summed E-state index contributed by atoms with van der Waals surface area (Å²) in [4.78, 5) is 23.5. The molecule has 0 radical (unpaired) electrons. The van der Waals surface area contributed by atoms with E-state index in [-0.39, 0.29) is 26.8 Å². The minimum atomic E-state index is -4.23. The summed E-state index contributed by atoms with van der Waals surface area (Å²) >= 11 is 0.665. The zero-order chi connectivity index (χ0) is 19.8. The molecule has 3 aromatic rings. The number of ketones is 1. The number of nitrogens with two attached hydrogens (primary N) is 1. The lowest BCUT2D eigenvalue weighted by atomic mass is 10.1. The molecule has 0 saturated heterocycles. The van der Waals surface area contributed by atoms with Gasteiger partial charge in [-0.25, -0.2) is 17.2 Å². The summed E-state index contributed by atoms with van der Waals surface area (Å²) < 4.78 is 51.5. The van der Waals surface area contributed by atoms with Crippen molar-refractivity contribution in [2.24, 2.45) is 5.73 Å². The summed E-state index contributed by atoms with van der Waals surface area (Å²) in [5.74, 6) is -3.85. The van der Waals surface area contributed by atoms with Crippen molar-refractivity contribution in [3.63, 3.8) is 0 Å². The Kier molecular flexibility index (Phi) is 4.89. The molecule has 0 atom stereocenters. The fraction of sp³-hybridized carbons (Fsp3) is 0.0625. The van der Waals surface area contributed by atoms with Crippen molar-refractivity contribution < 1.29 is 26.8 Å². The molecule has 0 aliphatic rings. The predicted molar refractivity (Wildman–Crippen MR) is 91.3 cm³/mol. The number of hydrogen-bond donors (Lipinski definition) is 2. The van der Waals surface area contributed by atoms with Gasteiger partial charge in [0.2, 0.25) is 15.7 Å². The highest BCUT2D eigenvalue weighted by atomic mass is 32.2. The number of hydrogen-bond acceptors (Lipinski definition) is 6. The van der Waals surface area contributed by atoms with Gasteiger partial charge < -0.3 is 5.73 Å². The minimum Gasteiger partial charge on any atom is -0.366 e. The lowest BCUT2D eigenvalue weighted by Crippen LogP contribution is -2.14. The molecule has 2 heterocycles. The summed E-state index contributed by atoms with van der Waals surface area (Å²) in [6.45, 7) is 0. The highest BCUT2D eigenvalue weighted by Gasteiger charge is 2.26. The van der Waals surface area contributed by atoms with Crippen LogP contribution >= 0.6 is 11.3 Å². The van der Waals surface area contributed by atoms with Gasteiger partial charge in [0, 0.05) is 17.5 Å². The first-order valence-corrected chi connectivity index (χ1v) is 9.65. The van der Waals surface area contributed by atoms with Gasteiger partial charge in [-0.05, 0) is 30.3 Å². The Bertz CT molecular complexity index is 1140. The molecule has 0 bridgehead atoms. The van der Waals surface area contributed by atoms with E-state index in [1.165, 1.54) is 12.3 Å². The molecule has 1 aromatic carbocycles. The van der Waals surface area contributed by atoms with Crippen molar-refractivity contribution >= 4 is 32.9 Å². The summed E-state index contributed by atoms with van der Waals surface area (Å²) in [5.41, 5.74) is 5.33. The Hall–Kier alpha value is -2.92. The average molecular weight is 411 g/mol. The van der Waals surface area contributed by atoms with Crippen molar-refractivity contribution in [3.8, 4) is 0 Å². The number of aromatic nitrogens is 2. The number of aromatic amines is 1. The number of nitrogens with one attached hydrogen (secondary N) is 1. The van der Waals surface area contributed by atoms with Crippen molar-refractivity contribution in [2.75, 3.05) is 0 Å². The van der Waals surface area contributed by atoms with E-state index in [0.29, 0.717) is 23.5 Å². The van der Waals surface area contributed by atoms with Crippen LogP contribution in [0.2, 0.25) is 0 Å². The Morgan fingerprint density at radius 2 is 1.89 bits per heavy atom. The van der Waals surface area contributed by atoms with E-state index in [9.17, 15) is 26.8 Å². The molecule has 3 rings (SSSR count). The standard InChI is InChI=1S/C16H11F2N3O4S2/c17-10-2-1-8(5-11(10)18)27(24,25)15-6-9(16(19)23)14(26-15)7-13(22)12-3-4-20-21-12/h1-6H,7H2,(H2,19,23)(H,20,21). The van der Waals surface area contributed by atoms with Crippen LogP contribution in [-0.4, -0.2) is 30.3 Å². The van der Waals surface area contributed by atoms with Crippen LogP contribution in [0.15, 0.2) is 45.6 Å². The third-order valence-electron chi connectivity index (χ3n) is 3.64. The Balaban J connectivity index is 2.02. The van der Waals surface area contributed by atoms with Gasteiger partial charge in [0.1, 0.15) is 9.90 Å². The number of Topliss-reactive ketones (excluding diaryl/α,β-unsaturated/α-hetero) is 1. The van der Waals surface area contributed by atoms with E-state index in [4.69, 9.17) is 5.73 Å². The molecule has 0 saturated carbocycles. The van der Waals surface area contributed by atoms with Gasteiger partial charge >= 0.3 is 0 Å². The second-order valence-electron chi connectivity index (χ2n) is 5.42. The zero-order valence-electron chi connectivity index (χ0n) is 13.4. The number of nitrogens with zero attached hydrogens (tertiary/aromatic N) is 1. The average Bonchev–Trinajstić information content (AvgIpc) is 3.27. The van der Waals surface area contributed by atoms with Crippen LogP contribution in [0.4, 0.5) is 8.78 Å². The highest BCUT2D eigenvalue weighted by molar-refractivity contribution is 7.93. The summed E-state index contributed by atoms with van der Waals surface area (Å²) in [5, 5.41) is 6.12. The van der Waals surface area contributed by atoms with Crippen molar-refractivity contribution in [1.82, 2.24) is 10.2 Å². The molecule has 0 unspecified atom stereocenters. The van der Waals surface area contributed by atoms with Crippen molar-refractivity contribution in [2.45, 2.75) is 15.5 Å². The van der Waals surface area contributed by atoms with Crippen LogP contribution in [0.25, 0.3) is 0 Å². The molecule has 0 aliphatic heterocycles. The van der Waals surface area contributed by atoms with Gasteiger partial charge in [-0.15, -0.1) is 11.3 Å². The number of benzene rings is 1.